The van der Waals surface area contributed by atoms with E-state index in [-0.39, 0.29) is 24.0 Å². The Bertz CT molecular complexity index is 1320. The molecule has 3 aromatic rings. The van der Waals surface area contributed by atoms with E-state index < -0.39 is 11.9 Å². The number of amidine groups is 1. The summed E-state index contributed by atoms with van der Waals surface area (Å²) in [6.45, 7) is -0.00411. The number of hydrogen-bond donors (Lipinski definition) is 2. The summed E-state index contributed by atoms with van der Waals surface area (Å²) < 4.78 is 0. The van der Waals surface area contributed by atoms with Crippen molar-refractivity contribution in [1.82, 2.24) is 9.99 Å². The zero-order valence-electron chi connectivity index (χ0n) is 17.7. The summed E-state index contributed by atoms with van der Waals surface area (Å²) in [6.07, 6.45) is 1.64. The molecule has 0 saturated heterocycles. The molecule has 0 saturated carbocycles. The van der Waals surface area contributed by atoms with Crippen LogP contribution in [0.1, 0.15) is 27.0 Å². The Morgan fingerprint density at radius 1 is 1.18 bits per heavy atom. The number of para-hydroxylation sites is 1. The van der Waals surface area contributed by atoms with Gasteiger partial charge in [0.05, 0.1) is 17.3 Å². The van der Waals surface area contributed by atoms with E-state index in [1.807, 2.05) is 30.3 Å². The van der Waals surface area contributed by atoms with E-state index in [2.05, 4.69) is 20.4 Å². The number of aromatic nitrogens is 1. The third kappa shape index (κ3) is 4.35. The third-order valence-electron chi connectivity index (χ3n) is 5.12. The summed E-state index contributed by atoms with van der Waals surface area (Å²) in [4.78, 5) is 38.2. The highest BCUT2D eigenvalue weighted by Gasteiger charge is 2.38. The number of benzene rings is 2. The molecule has 1 atom stereocenters. The van der Waals surface area contributed by atoms with Crippen LogP contribution in [0, 0.1) is 0 Å². The number of hydrazone groups is 1. The second-order valence-electron chi connectivity index (χ2n) is 7.24. The van der Waals surface area contributed by atoms with E-state index in [1.54, 1.807) is 29.8 Å². The summed E-state index contributed by atoms with van der Waals surface area (Å²) >= 11 is 2.83. The number of rotatable bonds is 6. The topological polar surface area (TPSA) is 120 Å². The van der Waals surface area contributed by atoms with E-state index >= 15 is 0 Å². The average Bonchev–Trinajstić information content (AvgIpc) is 3.61. The Morgan fingerprint density at radius 3 is 2.74 bits per heavy atom. The number of nitrogens with zero attached hydrogens (tertiary/aromatic N) is 5. The van der Waals surface area contributed by atoms with Crippen LogP contribution in [-0.4, -0.2) is 56.0 Å². The van der Waals surface area contributed by atoms with Gasteiger partial charge in [0.1, 0.15) is 11.7 Å². The number of aliphatic imine (C=N–C) groups is 2. The van der Waals surface area contributed by atoms with Crippen molar-refractivity contribution in [3.63, 3.8) is 0 Å². The van der Waals surface area contributed by atoms with Gasteiger partial charge in [-0.3, -0.25) is 14.8 Å². The fourth-order valence-corrected chi connectivity index (χ4v) is 5.14. The number of carbonyl (C=O) groups is 2. The van der Waals surface area contributed by atoms with Gasteiger partial charge in [-0.1, -0.05) is 54.2 Å². The van der Waals surface area contributed by atoms with Crippen molar-refractivity contribution in [2.24, 2.45) is 15.1 Å². The Morgan fingerprint density at radius 2 is 1.97 bits per heavy atom. The highest BCUT2D eigenvalue weighted by Crippen LogP contribution is 2.33. The van der Waals surface area contributed by atoms with Crippen molar-refractivity contribution in [3.8, 4) is 0 Å². The third-order valence-corrected chi connectivity index (χ3v) is 6.92. The van der Waals surface area contributed by atoms with Crippen LogP contribution in [0.4, 0.5) is 5.69 Å². The van der Waals surface area contributed by atoms with Crippen LogP contribution in [-0.2, 0) is 4.79 Å². The summed E-state index contributed by atoms with van der Waals surface area (Å²) in [5.41, 5.74) is 2.15. The molecule has 0 aliphatic carbocycles. The van der Waals surface area contributed by atoms with E-state index in [9.17, 15) is 14.7 Å². The van der Waals surface area contributed by atoms with Crippen LogP contribution in [0.2, 0.25) is 0 Å². The molecule has 0 bridgehead atoms. The lowest BCUT2D eigenvalue weighted by molar-refractivity contribution is -0.119. The van der Waals surface area contributed by atoms with E-state index in [1.165, 1.54) is 34.2 Å². The van der Waals surface area contributed by atoms with Crippen molar-refractivity contribution in [1.29, 1.82) is 0 Å². The van der Waals surface area contributed by atoms with Gasteiger partial charge in [-0.25, -0.2) is 9.78 Å². The van der Waals surface area contributed by atoms with Gasteiger partial charge in [-0.2, -0.15) is 10.1 Å². The van der Waals surface area contributed by atoms with Crippen LogP contribution >= 0.6 is 23.1 Å². The lowest BCUT2D eigenvalue weighted by Crippen LogP contribution is -2.31. The Balaban J connectivity index is 1.40. The molecule has 1 unspecified atom stereocenters. The predicted molar refractivity (Wildman–Crippen MR) is 134 cm³/mol. The zero-order chi connectivity index (χ0) is 23.5. The number of carboxylic acid groups (broad SMARTS) is 1. The number of thioether (sulfide) groups is 1. The summed E-state index contributed by atoms with van der Waals surface area (Å²) in [6, 6.07) is 16.4. The first-order chi connectivity index (χ1) is 16.6. The number of anilines is 1. The quantitative estimate of drug-likeness (QED) is 0.543. The molecule has 0 spiro atoms. The summed E-state index contributed by atoms with van der Waals surface area (Å²) in [7, 11) is 0. The molecule has 2 aromatic carbocycles. The molecule has 34 heavy (non-hydrogen) atoms. The molecular weight excluding hydrogens is 472 g/mol. The van der Waals surface area contributed by atoms with Crippen molar-refractivity contribution in [3.05, 3.63) is 82.3 Å². The maximum atomic E-state index is 13.3. The highest BCUT2D eigenvalue weighted by molar-refractivity contribution is 8.14. The van der Waals surface area contributed by atoms with E-state index in [0.717, 1.165) is 5.56 Å². The maximum Gasteiger partial charge on any atom is 0.337 e. The molecule has 2 aliphatic rings. The fourth-order valence-electron chi connectivity index (χ4n) is 3.50. The number of amides is 1. The van der Waals surface area contributed by atoms with E-state index in [4.69, 9.17) is 4.99 Å². The number of nitrogens with one attached hydrogen (secondary N) is 1. The lowest BCUT2D eigenvalue weighted by Gasteiger charge is -2.10. The molecule has 11 heteroatoms. The lowest BCUT2D eigenvalue weighted by atomic mass is 10.1. The first-order valence-electron chi connectivity index (χ1n) is 10.3. The van der Waals surface area contributed by atoms with Crippen LogP contribution in [0.15, 0.2) is 81.3 Å². The number of aromatic carboxylic acids is 1. The van der Waals surface area contributed by atoms with Gasteiger partial charge >= 0.3 is 11.9 Å². The van der Waals surface area contributed by atoms with Crippen molar-refractivity contribution >= 4 is 57.3 Å². The largest absolute Gasteiger partial charge is 0.478 e. The first kappa shape index (κ1) is 22.0. The maximum absolute atomic E-state index is 13.3. The molecule has 1 amide bonds. The van der Waals surface area contributed by atoms with Crippen molar-refractivity contribution in [2.75, 3.05) is 17.7 Å². The predicted octanol–water partition coefficient (Wildman–Crippen LogP) is 3.74. The van der Waals surface area contributed by atoms with E-state index in [0.29, 0.717) is 27.3 Å². The van der Waals surface area contributed by atoms with Gasteiger partial charge in [0.15, 0.2) is 16.6 Å². The van der Waals surface area contributed by atoms with Gasteiger partial charge < -0.3 is 10.4 Å². The SMILES string of the molecule is O=C(O)c1ccccc1NCN=C1C(=O)N(C2=NC(c3ccccc3)CS2)N=C1c1nccs1. The van der Waals surface area contributed by atoms with Gasteiger partial charge in [-0.15, -0.1) is 11.3 Å². The summed E-state index contributed by atoms with van der Waals surface area (Å²) in [5, 5.41) is 21.0. The van der Waals surface area contributed by atoms with Crippen molar-refractivity contribution in [2.45, 2.75) is 6.04 Å². The normalized spacial score (nSPS) is 18.8. The Hall–Kier alpha value is -3.83. The van der Waals surface area contributed by atoms with Crippen molar-refractivity contribution < 1.29 is 14.7 Å². The standard InChI is InChI=1S/C23H18N6O3S2/c30-21-19(26-13-25-16-9-5-4-8-15(16)22(31)32)18(20-24-10-11-33-20)28-29(21)23-27-17(12-34-23)14-6-2-1-3-7-14/h1-11,17,25H,12-13H2,(H,31,32). The minimum absolute atomic E-state index is 0.00411. The number of thiazole rings is 1. The second-order valence-corrected chi connectivity index (χ2v) is 9.13. The molecular formula is C23H18N6O3S2. The first-order valence-corrected chi connectivity index (χ1v) is 12.2. The molecule has 2 aliphatic heterocycles. The number of hydrogen-bond acceptors (Lipinski definition) is 9. The highest BCUT2D eigenvalue weighted by atomic mass is 32.2. The van der Waals surface area contributed by atoms with Crippen LogP contribution in [0.5, 0.6) is 0 Å². The van der Waals surface area contributed by atoms with Crippen LogP contribution in [0.25, 0.3) is 0 Å². The minimum Gasteiger partial charge on any atom is -0.478 e. The molecule has 1 aromatic heterocycles. The molecule has 170 valence electrons. The minimum atomic E-state index is -1.05. The molecule has 2 N–H and O–H groups in total. The monoisotopic (exact) mass is 490 g/mol. The smallest absolute Gasteiger partial charge is 0.337 e. The van der Waals surface area contributed by atoms with Gasteiger partial charge in [0.2, 0.25) is 0 Å². The van der Waals surface area contributed by atoms with Crippen LogP contribution < -0.4 is 5.32 Å². The molecule has 5 rings (SSSR count). The number of carboxylic acids is 1. The molecule has 3 heterocycles. The second kappa shape index (κ2) is 9.57. The van der Waals surface area contributed by atoms with Gasteiger partial charge in [0.25, 0.3) is 0 Å². The molecule has 9 nitrogen and oxygen atoms in total. The zero-order valence-corrected chi connectivity index (χ0v) is 19.3. The Labute approximate surface area is 203 Å². The average molecular weight is 491 g/mol. The summed E-state index contributed by atoms with van der Waals surface area (Å²) in [5.74, 6) is -0.725. The molecule has 0 radical (unpaired) electrons. The fraction of sp³-hybridized carbons (Fsp3) is 0.130. The number of carbonyl (C=O) groups excluding carboxylic acids is 1. The van der Waals surface area contributed by atoms with Gasteiger partial charge in [-0.05, 0) is 17.7 Å². The van der Waals surface area contributed by atoms with Gasteiger partial charge in [0, 0.05) is 17.3 Å². The Kier molecular flexibility index (Phi) is 6.19. The molecule has 0 fully saturated rings. The van der Waals surface area contributed by atoms with Crippen LogP contribution in [0.3, 0.4) is 0 Å².